The van der Waals surface area contributed by atoms with E-state index in [-0.39, 0.29) is 17.6 Å². The standard InChI is InChI=1S/C20H19ClN4O/c1-13-12-16(21)8-9-17(13)23-20(26)18-10-11-19(25-24-18)22-14(2)15-6-4-3-5-7-15/h3-12,14H,1-2H3,(H,22,25)(H,23,26). The number of hydrogen-bond donors (Lipinski definition) is 2. The molecule has 0 radical (unpaired) electrons. The van der Waals surface area contributed by atoms with Gasteiger partial charge in [-0.25, -0.2) is 0 Å². The highest BCUT2D eigenvalue weighted by Crippen LogP contribution is 2.20. The molecule has 0 aliphatic carbocycles. The molecular formula is C20H19ClN4O. The Morgan fingerprint density at radius 2 is 1.81 bits per heavy atom. The maximum atomic E-state index is 12.3. The molecule has 0 aliphatic rings. The second kappa shape index (κ2) is 7.97. The molecule has 0 bridgehead atoms. The van der Waals surface area contributed by atoms with Crippen molar-refractivity contribution in [2.45, 2.75) is 19.9 Å². The van der Waals surface area contributed by atoms with Gasteiger partial charge in [-0.2, -0.15) is 0 Å². The van der Waals surface area contributed by atoms with Crippen LogP contribution in [0, 0.1) is 6.92 Å². The maximum absolute atomic E-state index is 12.3. The van der Waals surface area contributed by atoms with Crippen LogP contribution in [0.4, 0.5) is 11.5 Å². The van der Waals surface area contributed by atoms with Crippen LogP contribution in [0.1, 0.15) is 34.6 Å². The summed E-state index contributed by atoms with van der Waals surface area (Å²) in [6.07, 6.45) is 0. The molecule has 0 saturated heterocycles. The van der Waals surface area contributed by atoms with Crippen molar-refractivity contribution in [3.05, 3.63) is 82.5 Å². The van der Waals surface area contributed by atoms with Gasteiger partial charge in [0.1, 0.15) is 5.82 Å². The van der Waals surface area contributed by atoms with Crippen molar-refractivity contribution in [1.29, 1.82) is 0 Å². The molecule has 26 heavy (non-hydrogen) atoms. The SMILES string of the molecule is Cc1cc(Cl)ccc1NC(=O)c1ccc(NC(C)c2ccccc2)nn1. The summed E-state index contributed by atoms with van der Waals surface area (Å²) < 4.78 is 0. The minimum Gasteiger partial charge on any atom is -0.362 e. The first-order chi connectivity index (χ1) is 12.5. The van der Waals surface area contributed by atoms with Gasteiger partial charge in [0.25, 0.3) is 5.91 Å². The molecule has 3 aromatic rings. The number of nitrogens with one attached hydrogen (secondary N) is 2. The summed E-state index contributed by atoms with van der Waals surface area (Å²) in [7, 11) is 0. The van der Waals surface area contributed by atoms with E-state index in [2.05, 4.69) is 20.8 Å². The molecule has 2 N–H and O–H groups in total. The highest BCUT2D eigenvalue weighted by molar-refractivity contribution is 6.30. The van der Waals surface area contributed by atoms with Crippen LogP contribution in [0.5, 0.6) is 0 Å². The Bertz CT molecular complexity index is 897. The van der Waals surface area contributed by atoms with Crippen LogP contribution in [0.2, 0.25) is 5.02 Å². The highest BCUT2D eigenvalue weighted by Gasteiger charge is 2.11. The lowest BCUT2D eigenvalue weighted by atomic mass is 10.1. The van der Waals surface area contributed by atoms with E-state index in [1.165, 1.54) is 0 Å². The van der Waals surface area contributed by atoms with Crippen LogP contribution in [0.15, 0.2) is 60.7 Å². The van der Waals surface area contributed by atoms with E-state index in [1.54, 1.807) is 30.3 Å². The lowest BCUT2D eigenvalue weighted by molar-refractivity contribution is 0.102. The molecule has 1 heterocycles. The number of aromatic nitrogens is 2. The van der Waals surface area contributed by atoms with Gasteiger partial charge in [-0.05, 0) is 55.3 Å². The summed E-state index contributed by atoms with van der Waals surface area (Å²) in [6.45, 7) is 3.92. The molecule has 0 fully saturated rings. The normalized spacial score (nSPS) is 11.7. The summed E-state index contributed by atoms with van der Waals surface area (Å²) >= 11 is 5.93. The molecule has 132 valence electrons. The first-order valence-electron chi connectivity index (χ1n) is 8.25. The molecule has 1 amide bonds. The number of carbonyl (C=O) groups excluding carboxylic acids is 1. The summed E-state index contributed by atoms with van der Waals surface area (Å²) in [5.41, 5.74) is 2.97. The summed E-state index contributed by atoms with van der Waals surface area (Å²) in [5.74, 6) is 0.297. The van der Waals surface area contributed by atoms with Crippen LogP contribution >= 0.6 is 11.6 Å². The smallest absolute Gasteiger partial charge is 0.276 e. The molecule has 2 aromatic carbocycles. The highest BCUT2D eigenvalue weighted by atomic mass is 35.5. The molecular weight excluding hydrogens is 348 g/mol. The third-order valence-corrected chi connectivity index (χ3v) is 4.23. The molecule has 0 spiro atoms. The number of carbonyl (C=O) groups is 1. The van der Waals surface area contributed by atoms with Crippen LogP contribution < -0.4 is 10.6 Å². The molecule has 6 heteroatoms. The maximum Gasteiger partial charge on any atom is 0.276 e. The van der Waals surface area contributed by atoms with Crippen molar-refractivity contribution in [3.63, 3.8) is 0 Å². The Morgan fingerprint density at radius 1 is 1.04 bits per heavy atom. The average molecular weight is 367 g/mol. The van der Waals surface area contributed by atoms with Gasteiger partial charge in [-0.1, -0.05) is 41.9 Å². The molecule has 5 nitrogen and oxygen atoms in total. The Morgan fingerprint density at radius 3 is 2.46 bits per heavy atom. The van der Waals surface area contributed by atoms with Crippen molar-refractivity contribution in [2.75, 3.05) is 10.6 Å². The van der Waals surface area contributed by atoms with Gasteiger partial charge in [0, 0.05) is 16.8 Å². The van der Waals surface area contributed by atoms with Crippen LogP contribution in [-0.2, 0) is 0 Å². The monoisotopic (exact) mass is 366 g/mol. The Kier molecular flexibility index (Phi) is 5.49. The van der Waals surface area contributed by atoms with E-state index in [1.807, 2.05) is 44.2 Å². The number of amides is 1. The van der Waals surface area contributed by atoms with Gasteiger partial charge in [-0.15, -0.1) is 10.2 Å². The number of nitrogens with zero attached hydrogens (tertiary/aromatic N) is 2. The third kappa shape index (κ3) is 4.37. The van der Waals surface area contributed by atoms with E-state index in [0.717, 1.165) is 11.1 Å². The van der Waals surface area contributed by atoms with Crippen molar-refractivity contribution in [2.24, 2.45) is 0 Å². The molecule has 1 aromatic heterocycles. The largest absolute Gasteiger partial charge is 0.362 e. The van der Waals surface area contributed by atoms with E-state index in [0.29, 0.717) is 16.5 Å². The fraction of sp³-hybridized carbons (Fsp3) is 0.150. The van der Waals surface area contributed by atoms with E-state index in [4.69, 9.17) is 11.6 Å². The third-order valence-electron chi connectivity index (χ3n) is 4.00. The number of halogens is 1. The average Bonchev–Trinajstić information content (AvgIpc) is 2.65. The quantitative estimate of drug-likeness (QED) is 0.676. The zero-order valence-electron chi connectivity index (χ0n) is 14.5. The number of anilines is 2. The Balaban J connectivity index is 1.66. The van der Waals surface area contributed by atoms with Crippen LogP contribution in [-0.4, -0.2) is 16.1 Å². The second-order valence-electron chi connectivity index (χ2n) is 5.99. The van der Waals surface area contributed by atoms with Gasteiger partial charge in [0.2, 0.25) is 0 Å². The summed E-state index contributed by atoms with van der Waals surface area (Å²) in [6, 6.07) is 18.8. The van der Waals surface area contributed by atoms with Gasteiger partial charge < -0.3 is 10.6 Å². The van der Waals surface area contributed by atoms with Crippen molar-refractivity contribution < 1.29 is 4.79 Å². The Labute approximate surface area is 157 Å². The number of aryl methyl sites for hydroxylation is 1. The van der Waals surface area contributed by atoms with Crippen molar-refractivity contribution >= 4 is 29.0 Å². The van der Waals surface area contributed by atoms with Crippen molar-refractivity contribution in [3.8, 4) is 0 Å². The number of rotatable bonds is 5. The minimum atomic E-state index is -0.314. The minimum absolute atomic E-state index is 0.0851. The topological polar surface area (TPSA) is 66.9 Å². The summed E-state index contributed by atoms with van der Waals surface area (Å²) in [4.78, 5) is 12.3. The lowest BCUT2D eigenvalue weighted by Gasteiger charge is -2.14. The van der Waals surface area contributed by atoms with E-state index >= 15 is 0 Å². The van der Waals surface area contributed by atoms with Crippen LogP contribution in [0.25, 0.3) is 0 Å². The molecule has 3 rings (SSSR count). The molecule has 0 saturated carbocycles. The fourth-order valence-electron chi connectivity index (χ4n) is 2.53. The predicted molar refractivity (Wildman–Crippen MR) is 105 cm³/mol. The number of benzene rings is 2. The van der Waals surface area contributed by atoms with Gasteiger partial charge in [-0.3, -0.25) is 4.79 Å². The molecule has 1 unspecified atom stereocenters. The first kappa shape index (κ1) is 17.9. The van der Waals surface area contributed by atoms with E-state index in [9.17, 15) is 4.79 Å². The van der Waals surface area contributed by atoms with Gasteiger partial charge >= 0.3 is 0 Å². The first-order valence-corrected chi connectivity index (χ1v) is 8.63. The van der Waals surface area contributed by atoms with Gasteiger partial charge in [0.05, 0.1) is 0 Å². The lowest BCUT2D eigenvalue weighted by Crippen LogP contribution is -2.16. The summed E-state index contributed by atoms with van der Waals surface area (Å²) in [5, 5.41) is 14.8. The zero-order chi connectivity index (χ0) is 18.5. The molecule has 0 aliphatic heterocycles. The zero-order valence-corrected chi connectivity index (χ0v) is 15.3. The predicted octanol–water partition coefficient (Wildman–Crippen LogP) is 4.86. The number of hydrogen-bond acceptors (Lipinski definition) is 4. The van der Waals surface area contributed by atoms with E-state index < -0.39 is 0 Å². The Hall–Kier alpha value is -2.92. The molecule has 1 atom stereocenters. The van der Waals surface area contributed by atoms with Crippen LogP contribution in [0.3, 0.4) is 0 Å². The fourth-order valence-corrected chi connectivity index (χ4v) is 2.76. The second-order valence-corrected chi connectivity index (χ2v) is 6.43. The van der Waals surface area contributed by atoms with Crippen molar-refractivity contribution in [1.82, 2.24) is 10.2 Å². The van der Waals surface area contributed by atoms with Gasteiger partial charge in [0.15, 0.2) is 5.69 Å².